The van der Waals surface area contributed by atoms with Crippen LogP contribution in [-0.4, -0.2) is 46.0 Å². The van der Waals surface area contributed by atoms with Crippen molar-refractivity contribution in [1.29, 1.82) is 0 Å². The summed E-state index contributed by atoms with van der Waals surface area (Å²) in [4.78, 5) is 19.2. The highest BCUT2D eigenvalue weighted by Crippen LogP contribution is 2.24. The molecule has 0 radical (unpaired) electrons. The first-order chi connectivity index (χ1) is 10.1. The standard InChI is InChI=1S/C15H20N4OS/c1-10-7-16-4-5-19(10)15(20)14-6-12(8-18(14)3)13-9-21-11(2)17-13/h6,8-10,16H,4-5,7H2,1-3H3. The molecule has 21 heavy (non-hydrogen) atoms. The first-order valence-electron chi connectivity index (χ1n) is 7.17. The number of aromatic nitrogens is 2. The molecule has 3 rings (SSSR count). The molecule has 1 unspecified atom stereocenters. The fourth-order valence-electron chi connectivity index (χ4n) is 2.70. The van der Waals surface area contributed by atoms with Crippen LogP contribution < -0.4 is 5.32 Å². The van der Waals surface area contributed by atoms with Gasteiger partial charge in [0.2, 0.25) is 0 Å². The molecule has 1 amide bonds. The number of nitrogens with one attached hydrogen (secondary N) is 1. The largest absolute Gasteiger partial charge is 0.346 e. The fraction of sp³-hybridized carbons (Fsp3) is 0.467. The zero-order chi connectivity index (χ0) is 15.0. The Hall–Kier alpha value is -1.66. The maximum absolute atomic E-state index is 12.7. The van der Waals surface area contributed by atoms with E-state index in [1.54, 1.807) is 11.3 Å². The Morgan fingerprint density at radius 3 is 3.00 bits per heavy atom. The molecule has 3 heterocycles. The van der Waals surface area contributed by atoms with Crippen molar-refractivity contribution in [3.63, 3.8) is 0 Å². The van der Waals surface area contributed by atoms with Gasteiger partial charge in [-0.15, -0.1) is 11.3 Å². The van der Waals surface area contributed by atoms with Gasteiger partial charge in [0, 0.05) is 49.9 Å². The van der Waals surface area contributed by atoms with Gasteiger partial charge in [0.25, 0.3) is 5.91 Å². The second-order valence-electron chi connectivity index (χ2n) is 5.53. The molecule has 0 aromatic carbocycles. The highest BCUT2D eigenvalue weighted by Gasteiger charge is 2.26. The van der Waals surface area contributed by atoms with Crippen LogP contribution >= 0.6 is 11.3 Å². The molecular weight excluding hydrogens is 284 g/mol. The predicted molar refractivity (Wildman–Crippen MR) is 84.6 cm³/mol. The van der Waals surface area contributed by atoms with Gasteiger partial charge in [0.1, 0.15) is 5.69 Å². The number of carbonyl (C=O) groups excluding carboxylic acids is 1. The maximum atomic E-state index is 12.7. The van der Waals surface area contributed by atoms with Crippen molar-refractivity contribution in [2.45, 2.75) is 19.9 Å². The van der Waals surface area contributed by atoms with Crippen molar-refractivity contribution >= 4 is 17.2 Å². The van der Waals surface area contributed by atoms with Gasteiger partial charge in [-0.05, 0) is 19.9 Å². The van der Waals surface area contributed by atoms with E-state index in [-0.39, 0.29) is 11.9 Å². The van der Waals surface area contributed by atoms with Crippen LogP contribution in [0.2, 0.25) is 0 Å². The van der Waals surface area contributed by atoms with Crippen molar-refractivity contribution in [3.05, 3.63) is 28.3 Å². The normalized spacial score (nSPS) is 19.0. The summed E-state index contributed by atoms with van der Waals surface area (Å²) in [6, 6.07) is 2.18. The van der Waals surface area contributed by atoms with Crippen LogP contribution in [0, 0.1) is 6.92 Å². The average molecular weight is 304 g/mol. The number of hydrogen-bond acceptors (Lipinski definition) is 4. The van der Waals surface area contributed by atoms with Crippen molar-refractivity contribution < 1.29 is 4.79 Å². The summed E-state index contributed by atoms with van der Waals surface area (Å²) in [5.41, 5.74) is 2.68. The Balaban J connectivity index is 1.88. The summed E-state index contributed by atoms with van der Waals surface area (Å²) in [7, 11) is 1.92. The molecule has 5 nitrogen and oxygen atoms in total. The number of piperazine rings is 1. The van der Waals surface area contributed by atoms with E-state index < -0.39 is 0 Å². The SMILES string of the molecule is Cc1nc(-c2cc(C(=O)N3CCNCC3C)n(C)c2)cs1. The molecule has 0 saturated carbocycles. The minimum absolute atomic E-state index is 0.102. The van der Waals surface area contributed by atoms with Gasteiger partial charge in [-0.2, -0.15) is 0 Å². The van der Waals surface area contributed by atoms with Crippen molar-refractivity contribution in [1.82, 2.24) is 19.8 Å². The first-order valence-corrected chi connectivity index (χ1v) is 8.05. The molecule has 1 aliphatic heterocycles. The lowest BCUT2D eigenvalue weighted by molar-refractivity contribution is 0.0646. The van der Waals surface area contributed by atoms with E-state index in [2.05, 4.69) is 17.2 Å². The first kappa shape index (κ1) is 14.3. The summed E-state index contributed by atoms with van der Waals surface area (Å²) in [6.45, 7) is 6.55. The minimum Gasteiger partial charge on any atom is -0.346 e. The van der Waals surface area contributed by atoms with Gasteiger partial charge >= 0.3 is 0 Å². The van der Waals surface area contributed by atoms with Gasteiger partial charge in [-0.3, -0.25) is 4.79 Å². The van der Waals surface area contributed by atoms with E-state index in [4.69, 9.17) is 0 Å². The Morgan fingerprint density at radius 1 is 1.52 bits per heavy atom. The molecular formula is C15H20N4OS. The summed E-state index contributed by atoms with van der Waals surface area (Å²) >= 11 is 1.63. The molecule has 1 atom stereocenters. The molecule has 1 N–H and O–H groups in total. The third kappa shape index (κ3) is 2.73. The van der Waals surface area contributed by atoms with Crippen LogP contribution in [0.25, 0.3) is 11.3 Å². The third-order valence-corrected chi connectivity index (χ3v) is 4.67. The number of amides is 1. The maximum Gasteiger partial charge on any atom is 0.270 e. The van der Waals surface area contributed by atoms with Crippen LogP contribution in [0.15, 0.2) is 17.6 Å². The van der Waals surface area contributed by atoms with Gasteiger partial charge < -0.3 is 14.8 Å². The van der Waals surface area contributed by atoms with E-state index in [1.165, 1.54) is 0 Å². The number of rotatable bonds is 2. The van der Waals surface area contributed by atoms with Crippen LogP contribution in [0.4, 0.5) is 0 Å². The molecule has 2 aromatic rings. The highest BCUT2D eigenvalue weighted by molar-refractivity contribution is 7.09. The quantitative estimate of drug-likeness (QED) is 0.922. The van der Waals surface area contributed by atoms with Gasteiger partial charge in [-0.1, -0.05) is 0 Å². The summed E-state index contributed by atoms with van der Waals surface area (Å²) < 4.78 is 1.90. The van der Waals surface area contributed by atoms with Crippen LogP contribution in [-0.2, 0) is 7.05 Å². The van der Waals surface area contributed by atoms with Gasteiger partial charge in [-0.25, -0.2) is 4.98 Å². The Kier molecular flexibility index (Phi) is 3.82. The summed E-state index contributed by atoms with van der Waals surface area (Å²) in [5.74, 6) is 0.102. The van der Waals surface area contributed by atoms with Crippen molar-refractivity contribution in [3.8, 4) is 11.3 Å². The second-order valence-corrected chi connectivity index (χ2v) is 6.59. The second kappa shape index (κ2) is 5.61. The van der Waals surface area contributed by atoms with E-state index in [0.717, 1.165) is 41.6 Å². The number of nitrogens with zero attached hydrogens (tertiary/aromatic N) is 3. The predicted octanol–water partition coefficient (Wildman–Crippen LogP) is 1.89. The smallest absolute Gasteiger partial charge is 0.270 e. The molecule has 1 fully saturated rings. The third-order valence-electron chi connectivity index (χ3n) is 3.90. The molecule has 0 aliphatic carbocycles. The summed E-state index contributed by atoms with van der Waals surface area (Å²) in [6.07, 6.45) is 1.98. The Bertz CT molecular complexity index is 660. The van der Waals surface area contributed by atoms with Crippen LogP contribution in [0.1, 0.15) is 22.4 Å². The zero-order valence-corrected chi connectivity index (χ0v) is 13.4. The van der Waals surface area contributed by atoms with Crippen LogP contribution in [0.3, 0.4) is 0 Å². The Morgan fingerprint density at radius 2 is 2.33 bits per heavy atom. The van der Waals surface area contributed by atoms with Crippen LogP contribution in [0.5, 0.6) is 0 Å². The molecule has 6 heteroatoms. The zero-order valence-electron chi connectivity index (χ0n) is 12.6. The fourth-order valence-corrected chi connectivity index (χ4v) is 3.33. The lowest BCUT2D eigenvalue weighted by Gasteiger charge is -2.34. The van der Waals surface area contributed by atoms with E-state index in [9.17, 15) is 4.79 Å². The topological polar surface area (TPSA) is 50.2 Å². The van der Waals surface area contributed by atoms with E-state index in [1.807, 2.05) is 41.1 Å². The molecule has 0 spiro atoms. The lowest BCUT2D eigenvalue weighted by atomic mass is 10.2. The van der Waals surface area contributed by atoms with Gasteiger partial charge in [0.05, 0.1) is 10.7 Å². The molecule has 0 bridgehead atoms. The number of aryl methyl sites for hydroxylation is 2. The monoisotopic (exact) mass is 304 g/mol. The minimum atomic E-state index is 0.102. The van der Waals surface area contributed by atoms with E-state index in [0.29, 0.717) is 0 Å². The number of hydrogen-bond donors (Lipinski definition) is 1. The lowest BCUT2D eigenvalue weighted by Crippen LogP contribution is -2.52. The molecule has 112 valence electrons. The molecule has 1 aliphatic rings. The van der Waals surface area contributed by atoms with E-state index >= 15 is 0 Å². The van der Waals surface area contributed by atoms with Crippen molar-refractivity contribution in [2.24, 2.45) is 7.05 Å². The highest BCUT2D eigenvalue weighted by atomic mass is 32.1. The number of carbonyl (C=O) groups is 1. The Labute approximate surface area is 128 Å². The molecule has 1 saturated heterocycles. The number of thiazole rings is 1. The van der Waals surface area contributed by atoms with Crippen molar-refractivity contribution in [2.75, 3.05) is 19.6 Å². The molecule has 2 aromatic heterocycles. The average Bonchev–Trinajstić information content (AvgIpc) is 3.05. The van der Waals surface area contributed by atoms with Gasteiger partial charge in [0.15, 0.2) is 0 Å². The summed E-state index contributed by atoms with van der Waals surface area (Å²) in [5, 5.41) is 6.38.